The van der Waals surface area contributed by atoms with E-state index >= 15 is 0 Å². The molecule has 1 saturated carbocycles. The summed E-state index contributed by atoms with van der Waals surface area (Å²) in [7, 11) is 0. The summed E-state index contributed by atoms with van der Waals surface area (Å²) in [6.45, 7) is 5.39. The van der Waals surface area contributed by atoms with E-state index in [0.29, 0.717) is 49.9 Å². The average Bonchev–Trinajstić information content (AvgIpc) is 2.89. The lowest BCUT2D eigenvalue weighted by molar-refractivity contribution is -0.138. The van der Waals surface area contributed by atoms with Gasteiger partial charge in [-0.2, -0.15) is 0 Å². The van der Waals surface area contributed by atoms with Crippen LogP contribution >= 0.6 is 0 Å². The number of amides is 3. The van der Waals surface area contributed by atoms with Gasteiger partial charge in [0.2, 0.25) is 11.8 Å². The van der Waals surface area contributed by atoms with E-state index in [2.05, 4.69) is 15.5 Å². The third-order valence-corrected chi connectivity index (χ3v) is 7.03. The summed E-state index contributed by atoms with van der Waals surface area (Å²) in [5, 5.41) is 5.84. The summed E-state index contributed by atoms with van der Waals surface area (Å²) in [5.41, 5.74) is 3.14. The van der Waals surface area contributed by atoms with Gasteiger partial charge in [-0.15, -0.1) is 0 Å². The van der Waals surface area contributed by atoms with Gasteiger partial charge in [-0.1, -0.05) is 61.2 Å². The fourth-order valence-electron chi connectivity index (χ4n) is 4.90. The van der Waals surface area contributed by atoms with E-state index in [0.717, 1.165) is 31.2 Å². The molecule has 1 heterocycles. The zero-order valence-corrected chi connectivity index (χ0v) is 20.6. The Labute approximate surface area is 207 Å². The Morgan fingerprint density at radius 1 is 0.886 bits per heavy atom. The molecule has 7 heteroatoms. The van der Waals surface area contributed by atoms with Crippen molar-refractivity contribution in [2.45, 2.75) is 45.6 Å². The number of hydrogen-bond donors (Lipinski definition) is 2. The van der Waals surface area contributed by atoms with Crippen LogP contribution in [0.5, 0.6) is 0 Å². The fourth-order valence-corrected chi connectivity index (χ4v) is 4.90. The highest BCUT2D eigenvalue weighted by Gasteiger charge is 2.29. The van der Waals surface area contributed by atoms with Crippen LogP contribution in [0.3, 0.4) is 0 Å². The molecule has 2 aromatic rings. The van der Waals surface area contributed by atoms with Crippen molar-refractivity contribution >= 4 is 23.4 Å². The minimum atomic E-state index is -0.226. The van der Waals surface area contributed by atoms with Crippen molar-refractivity contribution in [3.63, 3.8) is 0 Å². The highest BCUT2D eigenvalue weighted by molar-refractivity contribution is 6.04. The van der Waals surface area contributed by atoms with Crippen molar-refractivity contribution in [3.8, 4) is 0 Å². The van der Waals surface area contributed by atoms with Gasteiger partial charge >= 0.3 is 0 Å². The molecule has 35 heavy (non-hydrogen) atoms. The Kier molecular flexibility index (Phi) is 8.53. The van der Waals surface area contributed by atoms with E-state index in [1.807, 2.05) is 42.2 Å². The second-order valence-electron chi connectivity index (χ2n) is 9.70. The van der Waals surface area contributed by atoms with Gasteiger partial charge in [0.25, 0.3) is 5.91 Å². The molecule has 0 bridgehead atoms. The highest BCUT2D eigenvalue weighted by atomic mass is 16.2. The van der Waals surface area contributed by atoms with E-state index in [-0.39, 0.29) is 24.3 Å². The van der Waals surface area contributed by atoms with Crippen LogP contribution in [-0.4, -0.2) is 60.2 Å². The molecule has 2 N–H and O–H groups in total. The summed E-state index contributed by atoms with van der Waals surface area (Å²) < 4.78 is 0. The van der Waals surface area contributed by atoms with Crippen LogP contribution in [0.1, 0.15) is 53.6 Å². The molecule has 2 fully saturated rings. The van der Waals surface area contributed by atoms with Gasteiger partial charge in [-0.05, 0) is 37.5 Å². The second-order valence-corrected chi connectivity index (χ2v) is 9.70. The number of carbonyl (C=O) groups excluding carboxylic acids is 3. The Morgan fingerprint density at radius 3 is 2.29 bits per heavy atom. The predicted octanol–water partition coefficient (Wildman–Crippen LogP) is 3.59. The number of para-hydroxylation sites is 1. The monoisotopic (exact) mass is 476 g/mol. The number of hydrogen-bond acceptors (Lipinski definition) is 4. The molecule has 2 aromatic carbocycles. The first-order valence-electron chi connectivity index (χ1n) is 12.7. The molecule has 3 amide bonds. The summed E-state index contributed by atoms with van der Waals surface area (Å²) in [5.74, 6) is 0.0961. The molecule has 0 atom stereocenters. The Bertz CT molecular complexity index is 1020. The van der Waals surface area contributed by atoms with Crippen LogP contribution in [0.2, 0.25) is 0 Å². The van der Waals surface area contributed by atoms with Gasteiger partial charge in [0.05, 0.1) is 17.8 Å². The molecule has 1 saturated heterocycles. The van der Waals surface area contributed by atoms with Crippen molar-refractivity contribution in [1.82, 2.24) is 15.1 Å². The number of aryl methyl sites for hydroxylation is 1. The number of nitrogens with zero attached hydrogens (tertiary/aromatic N) is 2. The van der Waals surface area contributed by atoms with Gasteiger partial charge in [0.1, 0.15) is 0 Å². The van der Waals surface area contributed by atoms with Crippen molar-refractivity contribution in [1.29, 1.82) is 0 Å². The smallest absolute Gasteiger partial charge is 0.253 e. The fraction of sp³-hybridized carbons (Fsp3) is 0.464. The van der Waals surface area contributed by atoms with Crippen LogP contribution in [0.15, 0.2) is 48.5 Å². The lowest BCUT2D eigenvalue weighted by Gasteiger charge is -2.36. The largest absolute Gasteiger partial charge is 0.348 e. The minimum Gasteiger partial charge on any atom is -0.348 e. The van der Waals surface area contributed by atoms with E-state index in [4.69, 9.17) is 0 Å². The summed E-state index contributed by atoms with van der Waals surface area (Å²) in [6, 6.07) is 15.1. The number of nitrogens with one attached hydrogen (secondary N) is 2. The van der Waals surface area contributed by atoms with Crippen molar-refractivity contribution < 1.29 is 14.4 Å². The first-order valence-corrected chi connectivity index (χ1v) is 12.7. The molecule has 0 spiro atoms. The zero-order chi connectivity index (χ0) is 24.6. The van der Waals surface area contributed by atoms with Crippen LogP contribution < -0.4 is 10.6 Å². The second kappa shape index (κ2) is 12.0. The maximum absolute atomic E-state index is 12.8. The molecule has 4 rings (SSSR count). The van der Waals surface area contributed by atoms with Gasteiger partial charge in [-0.25, -0.2) is 0 Å². The van der Waals surface area contributed by atoms with Gasteiger partial charge in [0, 0.05) is 38.6 Å². The topological polar surface area (TPSA) is 81.8 Å². The van der Waals surface area contributed by atoms with E-state index < -0.39 is 0 Å². The number of benzene rings is 2. The average molecular weight is 477 g/mol. The van der Waals surface area contributed by atoms with Crippen LogP contribution in [0.25, 0.3) is 0 Å². The van der Waals surface area contributed by atoms with Crippen LogP contribution in [-0.2, 0) is 16.1 Å². The predicted molar refractivity (Wildman–Crippen MR) is 137 cm³/mol. The third kappa shape index (κ3) is 6.92. The van der Waals surface area contributed by atoms with Crippen molar-refractivity contribution in [3.05, 3.63) is 65.2 Å². The standard InChI is InChI=1S/C28H36N4O3/c1-21-11-13-22(14-12-21)19-29-27(34)24-9-5-6-10-25(24)30-26(33)20-31-15-17-32(18-16-31)28(35)23-7-3-2-4-8-23/h5-6,9-14,23H,2-4,7-8,15-20H2,1H3,(H,29,34)(H,30,33). The Morgan fingerprint density at radius 2 is 1.57 bits per heavy atom. The first kappa shape index (κ1) is 24.9. The van der Waals surface area contributed by atoms with Gasteiger partial charge in [-0.3, -0.25) is 19.3 Å². The maximum Gasteiger partial charge on any atom is 0.253 e. The molecule has 0 radical (unpaired) electrons. The lowest BCUT2D eigenvalue weighted by atomic mass is 9.88. The number of carbonyl (C=O) groups is 3. The molecule has 0 aromatic heterocycles. The first-order chi connectivity index (χ1) is 17.0. The van der Waals surface area contributed by atoms with E-state index in [1.165, 1.54) is 12.0 Å². The van der Waals surface area contributed by atoms with E-state index in [1.54, 1.807) is 18.2 Å². The normalized spacial score (nSPS) is 17.1. The van der Waals surface area contributed by atoms with Crippen LogP contribution in [0.4, 0.5) is 5.69 Å². The highest BCUT2D eigenvalue weighted by Crippen LogP contribution is 2.26. The summed E-state index contributed by atoms with van der Waals surface area (Å²) >= 11 is 0. The number of anilines is 1. The molecule has 7 nitrogen and oxygen atoms in total. The third-order valence-electron chi connectivity index (χ3n) is 7.03. The van der Waals surface area contributed by atoms with Crippen molar-refractivity contribution in [2.75, 3.05) is 38.0 Å². The van der Waals surface area contributed by atoms with E-state index in [9.17, 15) is 14.4 Å². The lowest BCUT2D eigenvalue weighted by Crippen LogP contribution is -2.52. The SMILES string of the molecule is Cc1ccc(CNC(=O)c2ccccc2NC(=O)CN2CCN(C(=O)C3CCCCC3)CC2)cc1. The van der Waals surface area contributed by atoms with Crippen LogP contribution in [0, 0.1) is 12.8 Å². The van der Waals surface area contributed by atoms with Gasteiger partial charge in [0.15, 0.2) is 0 Å². The maximum atomic E-state index is 12.8. The molecule has 1 aliphatic carbocycles. The summed E-state index contributed by atoms with van der Waals surface area (Å²) in [4.78, 5) is 42.4. The molecular weight excluding hydrogens is 440 g/mol. The van der Waals surface area contributed by atoms with Gasteiger partial charge < -0.3 is 15.5 Å². The molecule has 186 valence electrons. The minimum absolute atomic E-state index is 0.157. The molecule has 0 unspecified atom stereocenters. The molecule has 2 aliphatic rings. The summed E-state index contributed by atoms with van der Waals surface area (Å²) in [6.07, 6.45) is 5.58. The number of piperazine rings is 1. The zero-order valence-electron chi connectivity index (χ0n) is 20.6. The van der Waals surface area contributed by atoms with Crippen molar-refractivity contribution in [2.24, 2.45) is 5.92 Å². The number of rotatable bonds is 7. The molecular formula is C28H36N4O3. The Balaban J connectivity index is 1.26. The Hall–Kier alpha value is -3.19. The quantitative estimate of drug-likeness (QED) is 0.640. The molecule has 1 aliphatic heterocycles.